The Morgan fingerprint density at radius 1 is 0.947 bits per heavy atom. The first-order valence-electron chi connectivity index (χ1n) is 13.6. The highest BCUT2D eigenvalue weighted by atomic mass is 16.1. The molecule has 3 heterocycles. The lowest BCUT2D eigenvalue weighted by molar-refractivity contribution is 0.186. The maximum absolute atomic E-state index is 13.7. The average Bonchev–Trinajstić information content (AvgIpc) is 3.39. The molecular formula is C30H39N7O. The quantitative estimate of drug-likeness (QED) is 0.399. The van der Waals surface area contributed by atoms with Crippen LogP contribution in [0.5, 0.6) is 0 Å². The van der Waals surface area contributed by atoms with Gasteiger partial charge in [0.15, 0.2) is 5.82 Å². The minimum atomic E-state index is -0.357. The summed E-state index contributed by atoms with van der Waals surface area (Å²) in [5.74, 6) is 0.715. The maximum Gasteiger partial charge on any atom is 0.253 e. The first kappa shape index (κ1) is 26.1. The molecule has 38 heavy (non-hydrogen) atoms. The van der Waals surface area contributed by atoms with Crippen LogP contribution in [0.4, 0.5) is 5.69 Å². The highest BCUT2D eigenvalue weighted by molar-refractivity contribution is 5.85. The lowest BCUT2D eigenvalue weighted by Gasteiger charge is -2.40. The predicted octanol–water partition coefficient (Wildman–Crippen LogP) is 4.80. The Morgan fingerprint density at radius 3 is 2.34 bits per heavy atom. The summed E-state index contributed by atoms with van der Waals surface area (Å²) in [6, 6.07) is 12.5. The van der Waals surface area contributed by atoms with E-state index in [9.17, 15) is 4.79 Å². The van der Waals surface area contributed by atoms with Crippen molar-refractivity contribution in [3.63, 3.8) is 0 Å². The third-order valence-electron chi connectivity index (χ3n) is 8.33. The van der Waals surface area contributed by atoms with Gasteiger partial charge in [-0.2, -0.15) is 0 Å². The molecule has 0 radical (unpaired) electrons. The summed E-state index contributed by atoms with van der Waals surface area (Å²) in [5.41, 5.74) is 7.24. The Hall–Kier alpha value is -3.52. The molecule has 2 aromatic heterocycles. The fourth-order valence-electron chi connectivity index (χ4n) is 5.52. The van der Waals surface area contributed by atoms with Crippen LogP contribution in [0.2, 0.25) is 0 Å². The number of anilines is 1. The number of pyridine rings is 1. The number of piperazine rings is 1. The van der Waals surface area contributed by atoms with Crippen LogP contribution in [0, 0.1) is 27.7 Å². The molecule has 4 aromatic rings. The second-order valence-electron chi connectivity index (χ2n) is 11.4. The van der Waals surface area contributed by atoms with Gasteiger partial charge in [0.1, 0.15) is 6.04 Å². The van der Waals surface area contributed by atoms with Crippen molar-refractivity contribution in [3.05, 3.63) is 80.4 Å². The van der Waals surface area contributed by atoms with E-state index < -0.39 is 0 Å². The molecule has 1 saturated heterocycles. The molecule has 5 rings (SSSR count). The van der Waals surface area contributed by atoms with E-state index in [2.05, 4.69) is 108 Å². The van der Waals surface area contributed by atoms with Crippen LogP contribution in [-0.4, -0.2) is 56.3 Å². The van der Waals surface area contributed by atoms with Crippen molar-refractivity contribution >= 4 is 16.6 Å². The van der Waals surface area contributed by atoms with Gasteiger partial charge in [-0.3, -0.25) is 9.69 Å². The Balaban J connectivity index is 1.60. The topological polar surface area (TPSA) is 82.9 Å². The van der Waals surface area contributed by atoms with E-state index in [0.29, 0.717) is 11.4 Å². The van der Waals surface area contributed by atoms with Gasteiger partial charge in [0, 0.05) is 42.8 Å². The highest BCUT2D eigenvalue weighted by Crippen LogP contribution is 2.33. The zero-order chi connectivity index (χ0) is 27.2. The molecule has 8 heteroatoms. The van der Waals surface area contributed by atoms with Gasteiger partial charge in [-0.1, -0.05) is 31.2 Å². The van der Waals surface area contributed by atoms with Crippen LogP contribution in [0.3, 0.4) is 0 Å². The number of hydrogen-bond acceptors (Lipinski definition) is 6. The van der Waals surface area contributed by atoms with Gasteiger partial charge in [0.05, 0.1) is 11.1 Å². The van der Waals surface area contributed by atoms with Crippen LogP contribution in [0.1, 0.15) is 66.9 Å². The van der Waals surface area contributed by atoms with Crippen molar-refractivity contribution in [3.8, 4) is 0 Å². The number of nitrogens with one attached hydrogen (secondary N) is 1. The Bertz CT molecular complexity index is 1530. The van der Waals surface area contributed by atoms with Crippen LogP contribution in [0.15, 0.2) is 41.2 Å². The average molecular weight is 514 g/mol. The minimum absolute atomic E-state index is 0.0861. The van der Waals surface area contributed by atoms with Crippen molar-refractivity contribution in [1.82, 2.24) is 30.1 Å². The molecule has 1 atom stereocenters. The number of benzene rings is 2. The van der Waals surface area contributed by atoms with Gasteiger partial charge in [-0.15, -0.1) is 5.10 Å². The first-order chi connectivity index (χ1) is 18.1. The van der Waals surface area contributed by atoms with Gasteiger partial charge < -0.3 is 9.88 Å². The van der Waals surface area contributed by atoms with Crippen LogP contribution >= 0.6 is 0 Å². The fourth-order valence-corrected chi connectivity index (χ4v) is 5.52. The third-order valence-corrected chi connectivity index (χ3v) is 8.33. The van der Waals surface area contributed by atoms with Gasteiger partial charge in [0.2, 0.25) is 0 Å². The van der Waals surface area contributed by atoms with E-state index in [1.54, 1.807) is 0 Å². The zero-order valence-corrected chi connectivity index (χ0v) is 23.7. The molecule has 0 amide bonds. The number of hydrogen-bond donors (Lipinski definition) is 1. The monoisotopic (exact) mass is 513 g/mol. The Morgan fingerprint density at radius 2 is 1.63 bits per heavy atom. The number of H-pyrrole nitrogens is 1. The lowest BCUT2D eigenvalue weighted by Crippen LogP contribution is -2.49. The summed E-state index contributed by atoms with van der Waals surface area (Å²) >= 11 is 0. The smallest absolute Gasteiger partial charge is 0.253 e. The fraction of sp³-hybridized carbons (Fsp3) is 0.467. The van der Waals surface area contributed by atoms with E-state index in [1.165, 1.54) is 16.8 Å². The molecular weight excluding hydrogens is 474 g/mol. The Labute approximate surface area is 224 Å². The van der Waals surface area contributed by atoms with Crippen LogP contribution in [-0.2, 0) is 5.54 Å². The second kappa shape index (κ2) is 9.98. The summed E-state index contributed by atoms with van der Waals surface area (Å²) in [4.78, 5) is 21.7. The molecule has 1 unspecified atom stereocenters. The number of aryl methyl sites for hydroxylation is 4. The molecule has 1 aliphatic rings. The normalized spacial score (nSPS) is 15.8. The van der Waals surface area contributed by atoms with E-state index in [1.807, 2.05) is 11.6 Å². The maximum atomic E-state index is 13.7. The molecule has 0 saturated carbocycles. The SMILES string of the molecule is CCC(C)(C)n1nnnc1C(c1cc2c(C)ccc(C)c2[nH]c1=O)N1CCN(c2cc(C)ccc2C)CC1. The molecule has 0 aliphatic carbocycles. The lowest BCUT2D eigenvalue weighted by atomic mass is 9.97. The largest absolute Gasteiger partial charge is 0.369 e. The molecule has 1 aliphatic heterocycles. The van der Waals surface area contributed by atoms with Crippen molar-refractivity contribution in [2.45, 2.75) is 66.5 Å². The molecule has 0 bridgehead atoms. The van der Waals surface area contributed by atoms with Gasteiger partial charge in [-0.05, 0) is 92.8 Å². The summed E-state index contributed by atoms with van der Waals surface area (Å²) in [6.45, 7) is 18.2. The van der Waals surface area contributed by atoms with Crippen LogP contribution < -0.4 is 10.5 Å². The van der Waals surface area contributed by atoms with Crippen molar-refractivity contribution < 1.29 is 0 Å². The number of nitrogens with zero attached hydrogens (tertiary/aromatic N) is 6. The Kier molecular flexibility index (Phi) is 6.86. The second-order valence-corrected chi connectivity index (χ2v) is 11.4. The van der Waals surface area contributed by atoms with Crippen molar-refractivity contribution in [1.29, 1.82) is 0 Å². The van der Waals surface area contributed by atoms with Crippen LogP contribution in [0.25, 0.3) is 10.9 Å². The number of tetrazole rings is 1. The summed E-state index contributed by atoms with van der Waals surface area (Å²) in [7, 11) is 0. The summed E-state index contributed by atoms with van der Waals surface area (Å²) < 4.78 is 1.92. The van der Waals surface area contributed by atoms with E-state index in [-0.39, 0.29) is 17.1 Å². The number of rotatable bonds is 6. The summed E-state index contributed by atoms with van der Waals surface area (Å²) in [6.07, 6.45) is 0.866. The number of aromatic nitrogens is 5. The first-order valence-corrected chi connectivity index (χ1v) is 13.6. The molecule has 2 aromatic carbocycles. The standard InChI is InChI=1S/C30H39N7O/c1-8-30(6,7)37-28(32-33-34-37)27(24-18-23-20(3)11-12-22(5)26(23)31-29(24)38)36-15-13-35(14-16-36)25-17-19(2)9-10-21(25)4/h9-12,17-18,27H,8,13-16H2,1-7H3,(H,31,38). The van der Waals surface area contributed by atoms with E-state index >= 15 is 0 Å². The molecule has 200 valence electrons. The summed E-state index contributed by atoms with van der Waals surface area (Å²) in [5, 5.41) is 14.1. The van der Waals surface area contributed by atoms with E-state index in [0.717, 1.165) is 54.6 Å². The highest BCUT2D eigenvalue weighted by Gasteiger charge is 2.36. The number of fused-ring (bicyclic) bond motifs is 1. The van der Waals surface area contributed by atoms with Gasteiger partial charge in [0.25, 0.3) is 5.56 Å². The van der Waals surface area contributed by atoms with Crippen molar-refractivity contribution in [2.75, 3.05) is 31.1 Å². The van der Waals surface area contributed by atoms with Crippen molar-refractivity contribution in [2.24, 2.45) is 0 Å². The van der Waals surface area contributed by atoms with Gasteiger partial charge >= 0.3 is 0 Å². The molecule has 1 N–H and O–H groups in total. The van der Waals surface area contributed by atoms with Gasteiger partial charge in [-0.25, -0.2) is 4.68 Å². The number of aromatic amines is 1. The molecule has 0 spiro atoms. The third kappa shape index (κ3) is 4.62. The predicted molar refractivity (Wildman–Crippen MR) is 153 cm³/mol. The zero-order valence-electron chi connectivity index (χ0n) is 23.7. The van der Waals surface area contributed by atoms with E-state index in [4.69, 9.17) is 0 Å². The molecule has 8 nitrogen and oxygen atoms in total. The minimum Gasteiger partial charge on any atom is -0.369 e. The molecule has 1 fully saturated rings.